The van der Waals surface area contributed by atoms with E-state index in [1.807, 2.05) is 60.7 Å². The maximum atomic E-state index is 14.0. The second kappa shape index (κ2) is 9.52. The molecular formula is C26H21FN4O2S. The van der Waals surface area contributed by atoms with E-state index in [1.54, 1.807) is 30.3 Å². The Morgan fingerprint density at radius 1 is 1.09 bits per heavy atom. The maximum absolute atomic E-state index is 14.0. The van der Waals surface area contributed by atoms with Gasteiger partial charge in [-0.15, -0.1) is 5.10 Å². The van der Waals surface area contributed by atoms with Crippen LogP contribution in [-0.2, 0) is 10.5 Å². The van der Waals surface area contributed by atoms with Crippen LogP contribution in [0.4, 0.5) is 4.39 Å². The average Bonchev–Trinajstić information content (AvgIpc) is 2.87. The molecule has 8 heteroatoms. The third kappa shape index (κ3) is 4.45. The van der Waals surface area contributed by atoms with Crippen molar-refractivity contribution in [3.05, 3.63) is 106 Å². The largest absolute Gasteiger partial charge is 0.497 e. The van der Waals surface area contributed by atoms with Gasteiger partial charge < -0.3 is 4.74 Å². The Hall–Kier alpha value is -3.91. The number of methoxy groups -OCH3 is 1. The number of thioether (sulfide) groups is 1. The molecule has 1 amide bonds. The Labute approximate surface area is 200 Å². The third-order valence-corrected chi connectivity index (χ3v) is 6.36. The smallest absolute Gasteiger partial charge is 0.276 e. The van der Waals surface area contributed by atoms with Crippen molar-refractivity contribution in [3.8, 4) is 5.75 Å². The van der Waals surface area contributed by atoms with E-state index in [-0.39, 0.29) is 11.7 Å². The number of amides is 1. The number of nitrogens with one attached hydrogen (secondary N) is 1. The van der Waals surface area contributed by atoms with Gasteiger partial charge in [0.15, 0.2) is 11.3 Å². The summed E-state index contributed by atoms with van der Waals surface area (Å²) in [6.07, 6.45) is 3.33. The second-order valence-corrected chi connectivity index (χ2v) is 8.59. The van der Waals surface area contributed by atoms with Crippen molar-refractivity contribution in [2.45, 2.75) is 11.9 Å². The highest BCUT2D eigenvalue weighted by atomic mass is 32.2. The Morgan fingerprint density at radius 3 is 2.65 bits per heavy atom. The van der Waals surface area contributed by atoms with Crippen LogP contribution in [0.5, 0.6) is 5.75 Å². The summed E-state index contributed by atoms with van der Waals surface area (Å²) in [5.41, 5.74) is 1.95. The monoisotopic (exact) mass is 472 g/mol. The van der Waals surface area contributed by atoms with Crippen LogP contribution in [0.3, 0.4) is 0 Å². The van der Waals surface area contributed by atoms with E-state index < -0.39 is 6.17 Å². The van der Waals surface area contributed by atoms with Gasteiger partial charge in [0.05, 0.1) is 12.5 Å². The molecule has 0 fully saturated rings. The Kier molecular flexibility index (Phi) is 6.14. The summed E-state index contributed by atoms with van der Waals surface area (Å²) in [5.74, 6) is 0.566. The lowest BCUT2D eigenvalue weighted by molar-refractivity contribution is -0.116. The number of benzene rings is 3. The fraction of sp³-hybridized carbons (Fsp3) is 0.115. The Balaban J connectivity index is 1.48. The van der Waals surface area contributed by atoms with Crippen molar-refractivity contribution >= 4 is 34.6 Å². The molecule has 2 aliphatic rings. The molecule has 0 radical (unpaired) electrons. The molecule has 0 bridgehead atoms. The van der Waals surface area contributed by atoms with Crippen molar-refractivity contribution in [1.82, 2.24) is 10.3 Å². The van der Waals surface area contributed by atoms with E-state index >= 15 is 0 Å². The predicted octanol–water partition coefficient (Wildman–Crippen LogP) is 3.25. The molecular weight excluding hydrogens is 451 g/mol. The van der Waals surface area contributed by atoms with Gasteiger partial charge in [-0.05, 0) is 41.5 Å². The molecule has 1 N–H and O–H groups in total. The zero-order valence-corrected chi connectivity index (χ0v) is 19.1. The van der Waals surface area contributed by atoms with E-state index in [2.05, 4.69) is 10.4 Å². The summed E-state index contributed by atoms with van der Waals surface area (Å²) in [5, 5.41) is 11.0. The van der Waals surface area contributed by atoms with Crippen LogP contribution in [0, 0.1) is 5.82 Å². The van der Waals surface area contributed by atoms with Crippen molar-refractivity contribution < 1.29 is 13.9 Å². The van der Waals surface area contributed by atoms with Gasteiger partial charge in [0, 0.05) is 11.0 Å². The highest BCUT2D eigenvalue weighted by Crippen LogP contribution is 2.24. The summed E-state index contributed by atoms with van der Waals surface area (Å²) in [4.78, 5) is 17.9. The zero-order valence-electron chi connectivity index (χ0n) is 18.3. The molecule has 3 aromatic carbocycles. The molecule has 34 heavy (non-hydrogen) atoms. The van der Waals surface area contributed by atoms with Crippen LogP contribution in [0.25, 0.3) is 11.8 Å². The van der Waals surface area contributed by atoms with Crippen molar-refractivity contribution in [1.29, 1.82) is 0 Å². The third-order valence-electron chi connectivity index (χ3n) is 5.44. The second-order valence-electron chi connectivity index (χ2n) is 7.62. The van der Waals surface area contributed by atoms with Crippen LogP contribution >= 0.6 is 11.8 Å². The molecule has 0 aromatic heterocycles. The maximum Gasteiger partial charge on any atom is 0.276 e. The highest BCUT2D eigenvalue weighted by molar-refractivity contribution is 8.13. The van der Waals surface area contributed by atoms with Crippen molar-refractivity contribution in [2.75, 3.05) is 7.11 Å². The average molecular weight is 473 g/mol. The van der Waals surface area contributed by atoms with Gasteiger partial charge in [0.25, 0.3) is 5.91 Å². The number of ether oxygens (including phenoxy) is 1. The number of fused-ring (bicyclic) bond motifs is 2. The van der Waals surface area contributed by atoms with Crippen molar-refractivity contribution in [2.24, 2.45) is 10.1 Å². The molecule has 0 saturated heterocycles. The van der Waals surface area contributed by atoms with E-state index in [4.69, 9.17) is 9.73 Å². The molecule has 0 unspecified atom stereocenters. The topological polar surface area (TPSA) is 66.3 Å². The summed E-state index contributed by atoms with van der Waals surface area (Å²) in [6.45, 7) is 0. The molecule has 2 aliphatic heterocycles. The van der Waals surface area contributed by atoms with E-state index in [9.17, 15) is 9.18 Å². The predicted molar refractivity (Wildman–Crippen MR) is 132 cm³/mol. The molecule has 170 valence electrons. The number of hydrazone groups is 1. The summed E-state index contributed by atoms with van der Waals surface area (Å²) < 4.78 is 19.3. The Morgan fingerprint density at radius 2 is 1.85 bits per heavy atom. The summed E-state index contributed by atoms with van der Waals surface area (Å²) >= 11 is 1.27. The molecule has 2 heterocycles. The quantitative estimate of drug-likeness (QED) is 0.619. The molecule has 1 atom stereocenters. The van der Waals surface area contributed by atoms with Crippen molar-refractivity contribution in [3.63, 3.8) is 0 Å². The van der Waals surface area contributed by atoms with Gasteiger partial charge in [0.1, 0.15) is 17.3 Å². The van der Waals surface area contributed by atoms with E-state index in [0.29, 0.717) is 22.2 Å². The van der Waals surface area contributed by atoms with Gasteiger partial charge in [-0.2, -0.15) is 0 Å². The number of nitrogens with zero attached hydrogens (tertiary/aromatic N) is 3. The number of hydrogen-bond acceptors (Lipinski definition) is 6. The molecule has 0 spiro atoms. The van der Waals surface area contributed by atoms with Crippen LogP contribution in [-0.4, -0.2) is 29.4 Å². The molecule has 5 rings (SSSR count). The van der Waals surface area contributed by atoms with Gasteiger partial charge in [0.2, 0.25) is 0 Å². The summed E-state index contributed by atoms with van der Waals surface area (Å²) in [7, 11) is 1.63. The van der Waals surface area contributed by atoms with Gasteiger partial charge >= 0.3 is 0 Å². The van der Waals surface area contributed by atoms with Gasteiger partial charge in [-0.1, -0.05) is 66.4 Å². The lowest BCUT2D eigenvalue weighted by Crippen LogP contribution is -2.52. The first-order chi connectivity index (χ1) is 16.6. The standard InChI is InChI=1S/C26H21FN4O2S/c1-33-19-13-10-17(11-14-19)12-15-23-28-22-9-5-3-7-20(22)24-25(32)29-26(30-31(23)24)34-16-18-6-2-4-8-21(18)27/h2-15,23H,16H2,1H3,(H,29,30,32)/b15-12+/t23-/m1/s1. The van der Waals surface area contributed by atoms with Crippen LogP contribution < -0.4 is 20.6 Å². The van der Waals surface area contributed by atoms with Gasteiger partial charge in [-0.25, -0.2) is 9.40 Å². The first kappa shape index (κ1) is 21.9. The molecule has 6 nitrogen and oxygen atoms in total. The Bertz CT molecular complexity index is 1420. The fourth-order valence-corrected chi connectivity index (χ4v) is 4.55. The normalized spacial score (nSPS) is 16.9. The van der Waals surface area contributed by atoms with Crippen LogP contribution in [0.2, 0.25) is 0 Å². The van der Waals surface area contributed by atoms with Crippen LogP contribution in [0.1, 0.15) is 11.1 Å². The summed E-state index contributed by atoms with van der Waals surface area (Å²) in [6, 6.07) is 21.7. The van der Waals surface area contributed by atoms with Crippen LogP contribution in [0.15, 0.2) is 89.0 Å². The van der Waals surface area contributed by atoms with E-state index in [0.717, 1.165) is 21.9 Å². The number of para-hydroxylation sites is 1. The fourth-order valence-electron chi connectivity index (χ4n) is 3.72. The minimum absolute atomic E-state index is 0.267. The number of carbonyl (C=O) groups excluding carboxylic acids is 1. The SMILES string of the molecule is COc1ccc(/C=C/[C@@H]2N=c3ccccc3=C3C(=O)NC(SCc4ccccc4F)=NN32)cc1. The van der Waals surface area contributed by atoms with E-state index in [1.165, 1.54) is 17.8 Å². The van der Waals surface area contributed by atoms with Gasteiger partial charge in [-0.3, -0.25) is 15.1 Å². The first-order valence-corrected chi connectivity index (χ1v) is 11.7. The number of carbonyl (C=O) groups is 1. The molecule has 3 aromatic rings. The zero-order chi connectivity index (χ0) is 23.5. The molecule has 0 aliphatic carbocycles. The number of hydrogen-bond donors (Lipinski definition) is 1. The minimum atomic E-state index is -0.512. The first-order valence-electron chi connectivity index (χ1n) is 10.7. The minimum Gasteiger partial charge on any atom is -0.497 e. The lowest BCUT2D eigenvalue weighted by atomic mass is 10.1. The number of rotatable bonds is 5. The molecule has 0 saturated carbocycles. The number of amidine groups is 1. The number of halogens is 1. The lowest BCUT2D eigenvalue weighted by Gasteiger charge is -2.32. The highest BCUT2D eigenvalue weighted by Gasteiger charge is 2.32.